The van der Waals surface area contributed by atoms with Crippen LogP contribution in [0.25, 0.3) is 11.1 Å². The second-order valence-corrected chi connectivity index (χ2v) is 11.0. The Bertz CT molecular complexity index is 1360. The number of hydrogen-bond acceptors (Lipinski definition) is 4. The van der Waals surface area contributed by atoms with Crippen molar-refractivity contribution in [3.8, 4) is 11.1 Å². The summed E-state index contributed by atoms with van der Waals surface area (Å²) in [5.41, 5.74) is 5.14. The monoisotopic (exact) mass is 524 g/mol. The molecule has 0 saturated heterocycles. The van der Waals surface area contributed by atoms with Gasteiger partial charge in [0, 0.05) is 25.0 Å². The van der Waals surface area contributed by atoms with Crippen LogP contribution in [0.3, 0.4) is 0 Å². The zero-order valence-electron chi connectivity index (χ0n) is 21.7. The van der Waals surface area contributed by atoms with E-state index in [1.54, 1.807) is 4.90 Å². The van der Waals surface area contributed by atoms with Crippen LogP contribution in [-0.2, 0) is 20.9 Å². The average Bonchev–Trinajstić information content (AvgIpc) is 3.37. The number of ether oxygens (including phenoxy) is 1. The molecule has 3 aromatic carbocycles. The smallest absolute Gasteiger partial charge is 0.407 e. The molecule has 6 rings (SSSR count). The van der Waals surface area contributed by atoms with E-state index in [1.807, 2.05) is 54.6 Å². The fourth-order valence-electron chi connectivity index (χ4n) is 6.67. The van der Waals surface area contributed by atoms with Crippen molar-refractivity contribution in [2.24, 2.45) is 11.3 Å². The van der Waals surface area contributed by atoms with Gasteiger partial charge in [-0.3, -0.25) is 9.59 Å². The van der Waals surface area contributed by atoms with Gasteiger partial charge in [0.1, 0.15) is 6.61 Å². The molecular formula is C32H32N2O5. The molecular weight excluding hydrogens is 492 g/mol. The zero-order valence-corrected chi connectivity index (χ0v) is 21.7. The highest BCUT2D eigenvalue weighted by Crippen LogP contribution is 2.64. The lowest BCUT2D eigenvalue weighted by Gasteiger charge is -2.27. The first kappa shape index (κ1) is 25.2. The summed E-state index contributed by atoms with van der Waals surface area (Å²) in [5.74, 6) is -0.734. The Balaban J connectivity index is 1.07. The number of nitrogens with one attached hydrogen (secondary N) is 1. The topological polar surface area (TPSA) is 95.9 Å². The lowest BCUT2D eigenvalue weighted by Crippen LogP contribution is -2.40. The van der Waals surface area contributed by atoms with Crippen LogP contribution in [0.4, 0.5) is 4.79 Å². The van der Waals surface area contributed by atoms with Gasteiger partial charge < -0.3 is 20.1 Å². The molecule has 7 heteroatoms. The number of carboxylic acids is 1. The van der Waals surface area contributed by atoms with E-state index in [2.05, 4.69) is 29.6 Å². The Hall–Kier alpha value is -4.13. The molecule has 3 atom stereocenters. The standard InChI is InChI=1S/C32H32N2O5/c35-29(36)14-15-34(19-21-8-2-1-3-9-21)30(37)32-17-22(32)16-23(18-32)33-31(38)39-20-28-26-12-6-4-10-24(26)25-11-5-7-13-27(25)28/h1-13,22-23,28H,14-20H2,(H,33,38)(H,35,36)/t22-,23+,32+/m0/s1. The predicted molar refractivity (Wildman–Crippen MR) is 146 cm³/mol. The lowest BCUT2D eigenvalue weighted by molar-refractivity contribution is -0.141. The number of fused-ring (bicyclic) bond motifs is 4. The number of alkyl carbamates (subject to hydrolysis) is 1. The molecule has 0 unspecified atom stereocenters. The van der Waals surface area contributed by atoms with E-state index in [0.29, 0.717) is 13.0 Å². The number of amides is 2. The highest BCUT2D eigenvalue weighted by Gasteiger charge is 2.66. The summed E-state index contributed by atoms with van der Waals surface area (Å²) >= 11 is 0. The third-order valence-corrected chi connectivity index (χ3v) is 8.60. The number of hydrogen-bond donors (Lipinski definition) is 2. The summed E-state index contributed by atoms with van der Waals surface area (Å²) in [4.78, 5) is 39.5. The number of carbonyl (C=O) groups is 3. The van der Waals surface area contributed by atoms with Crippen LogP contribution < -0.4 is 5.32 Å². The summed E-state index contributed by atoms with van der Waals surface area (Å²) < 4.78 is 5.73. The van der Waals surface area contributed by atoms with Crippen molar-refractivity contribution >= 4 is 18.0 Å². The van der Waals surface area contributed by atoms with Gasteiger partial charge in [-0.25, -0.2) is 4.79 Å². The number of carbonyl (C=O) groups excluding carboxylic acids is 2. The molecule has 7 nitrogen and oxygen atoms in total. The number of nitrogens with zero attached hydrogens (tertiary/aromatic N) is 1. The Kier molecular flexibility index (Phi) is 6.59. The first-order valence-corrected chi connectivity index (χ1v) is 13.6. The summed E-state index contributed by atoms with van der Waals surface area (Å²) in [5, 5.41) is 12.2. The fraction of sp³-hybridized carbons (Fsp3) is 0.344. The Morgan fingerprint density at radius 1 is 0.897 bits per heavy atom. The molecule has 3 aliphatic carbocycles. The van der Waals surface area contributed by atoms with E-state index in [1.165, 1.54) is 11.1 Å². The van der Waals surface area contributed by atoms with Crippen LogP contribution in [0.15, 0.2) is 78.9 Å². The van der Waals surface area contributed by atoms with E-state index < -0.39 is 17.5 Å². The van der Waals surface area contributed by atoms with Crippen molar-refractivity contribution in [3.63, 3.8) is 0 Å². The summed E-state index contributed by atoms with van der Waals surface area (Å²) in [6, 6.07) is 26.0. The molecule has 0 heterocycles. The SMILES string of the molecule is O=C(O)CCN(Cc1ccccc1)C(=O)[C@]12C[C@H](NC(=O)OCC3c4ccccc4-c4ccccc43)C[C@H]1C2. The maximum atomic E-state index is 13.7. The zero-order chi connectivity index (χ0) is 27.0. The van der Waals surface area contributed by atoms with Gasteiger partial charge >= 0.3 is 12.1 Å². The second kappa shape index (κ2) is 10.2. The molecule has 2 fully saturated rings. The molecule has 0 bridgehead atoms. The summed E-state index contributed by atoms with van der Waals surface area (Å²) in [6.07, 6.45) is 1.51. The van der Waals surface area contributed by atoms with Gasteiger partial charge in [-0.2, -0.15) is 0 Å². The van der Waals surface area contributed by atoms with E-state index in [4.69, 9.17) is 4.74 Å². The van der Waals surface area contributed by atoms with Gasteiger partial charge in [0.25, 0.3) is 0 Å². The highest BCUT2D eigenvalue weighted by molar-refractivity contribution is 5.87. The van der Waals surface area contributed by atoms with E-state index in [-0.39, 0.29) is 43.4 Å². The highest BCUT2D eigenvalue weighted by atomic mass is 16.5. The van der Waals surface area contributed by atoms with Crippen LogP contribution >= 0.6 is 0 Å². The molecule has 200 valence electrons. The predicted octanol–water partition coefficient (Wildman–Crippen LogP) is 5.20. The molecule has 0 aromatic heterocycles. The Morgan fingerprint density at radius 3 is 2.21 bits per heavy atom. The number of benzene rings is 3. The van der Waals surface area contributed by atoms with Crippen molar-refractivity contribution in [3.05, 3.63) is 95.6 Å². The first-order valence-electron chi connectivity index (χ1n) is 13.6. The number of carboxylic acid groups (broad SMARTS) is 1. The normalized spacial score (nSPS) is 22.4. The lowest BCUT2D eigenvalue weighted by atomic mass is 9.98. The second-order valence-electron chi connectivity index (χ2n) is 11.0. The third kappa shape index (κ3) is 4.89. The maximum absolute atomic E-state index is 13.7. The first-order chi connectivity index (χ1) is 18.9. The molecule has 2 saturated carbocycles. The number of aliphatic carboxylic acids is 1. The van der Waals surface area contributed by atoms with Crippen LogP contribution in [0.5, 0.6) is 0 Å². The molecule has 39 heavy (non-hydrogen) atoms. The van der Waals surface area contributed by atoms with E-state index >= 15 is 0 Å². The quantitative estimate of drug-likeness (QED) is 0.401. The van der Waals surface area contributed by atoms with Gasteiger partial charge in [-0.1, -0.05) is 78.9 Å². The van der Waals surface area contributed by atoms with Crippen LogP contribution in [-0.4, -0.2) is 47.2 Å². The van der Waals surface area contributed by atoms with Crippen molar-refractivity contribution in [2.45, 2.75) is 44.2 Å². The van der Waals surface area contributed by atoms with Crippen molar-refractivity contribution in [1.29, 1.82) is 0 Å². The van der Waals surface area contributed by atoms with Crippen molar-refractivity contribution in [2.75, 3.05) is 13.2 Å². The average molecular weight is 525 g/mol. The maximum Gasteiger partial charge on any atom is 0.407 e. The molecule has 0 aliphatic heterocycles. The molecule has 3 aromatic rings. The minimum Gasteiger partial charge on any atom is -0.481 e. The Labute approximate surface area is 227 Å². The van der Waals surface area contributed by atoms with Crippen molar-refractivity contribution < 1.29 is 24.2 Å². The van der Waals surface area contributed by atoms with Gasteiger partial charge in [0.15, 0.2) is 0 Å². The largest absolute Gasteiger partial charge is 0.481 e. The van der Waals surface area contributed by atoms with Gasteiger partial charge in [0.2, 0.25) is 5.91 Å². The molecule has 2 amide bonds. The number of rotatable bonds is 9. The fourth-order valence-corrected chi connectivity index (χ4v) is 6.67. The molecule has 0 spiro atoms. The van der Waals surface area contributed by atoms with Crippen LogP contribution in [0.1, 0.15) is 48.3 Å². The van der Waals surface area contributed by atoms with E-state index in [0.717, 1.165) is 29.5 Å². The minimum atomic E-state index is -0.924. The van der Waals surface area contributed by atoms with Gasteiger partial charge in [-0.15, -0.1) is 0 Å². The van der Waals surface area contributed by atoms with Gasteiger partial charge in [0.05, 0.1) is 11.8 Å². The molecule has 2 N–H and O–H groups in total. The van der Waals surface area contributed by atoms with Crippen LogP contribution in [0, 0.1) is 11.3 Å². The Morgan fingerprint density at radius 2 is 1.54 bits per heavy atom. The van der Waals surface area contributed by atoms with E-state index in [9.17, 15) is 19.5 Å². The van der Waals surface area contributed by atoms with Gasteiger partial charge in [-0.05, 0) is 53.0 Å². The summed E-state index contributed by atoms with van der Waals surface area (Å²) in [7, 11) is 0. The summed E-state index contributed by atoms with van der Waals surface area (Å²) in [6.45, 7) is 0.800. The third-order valence-electron chi connectivity index (χ3n) is 8.60. The van der Waals surface area contributed by atoms with Crippen LogP contribution in [0.2, 0.25) is 0 Å². The minimum absolute atomic E-state index is 0.00515. The molecule has 3 aliphatic rings. The van der Waals surface area contributed by atoms with Crippen molar-refractivity contribution in [1.82, 2.24) is 10.2 Å². The molecule has 0 radical (unpaired) electrons.